The molecule has 0 aliphatic rings. The number of methoxy groups -OCH3 is 1. The Labute approximate surface area is 128 Å². The number of nitrogens with one attached hydrogen (secondary N) is 1. The summed E-state index contributed by atoms with van der Waals surface area (Å²) in [6.07, 6.45) is 1.08. The molecule has 0 aliphatic heterocycles. The number of benzene rings is 2. The van der Waals surface area contributed by atoms with E-state index in [9.17, 15) is 0 Å². The van der Waals surface area contributed by atoms with Gasteiger partial charge in [0.1, 0.15) is 5.75 Å². The van der Waals surface area contributed by atoms with Crippen LogP contribution in [0.25, 0.3) is 0 Å². The fourth-order valence-corrected chi connectivity index (χ4v) is 3.03. The van der Waals surface area contributed by atoms with Crippen LogP contribution in [0.3, 0.4) is 0 Å². The first-order chi connectivity index (χ1) is 10.2. The van der Waals surface area contributed by atoms with Crippen molar-refractivity contribution in [2.24, 2.45) is 0 Å². The van der Waals surface area contributed by atoms with E-state index in [2.05, 4.69) is 67.7 Å². The minimum absolute atomic E-state index is 0.243. The average Bonchev–Trinajstić information content (AvgIpc) is 2.53. The van der Waals surface area contributed by atoms with Crippen LogP contribution < -0.4 is 10.1 Å². The summed E-state index contributed by atoms with van der Waals surface area (Å²) in [5.74, 6) is 1.38. The van der Waals surface area contributed by atoms with Gasteiger partial charge in [-0.05, 0) is 32.0 Å². The molecule has 2 aromatic rings. The van der Waals surface area contributed by atoms with Gasteiger partial charge in [-0.2, -0.15) is 0 Å². The highest BCUT2D eigenvalue weighted by molar-refractivity contribution is 5.41. The molecule has 0 heterocycles. The molecule has 0 aliphatic carbocycles. The van der Waals surface area contributed by atoms with E-state index in [4.69, 9.17) is 4.74 Å². The fraction of sp³-hybridized carbons (Fsp3) is 0.368. The molecule has 2 heteroatoms. The summed E-state index contributed by atoms with van der Waals surface area (Å²) in [5, 5.41) is 3.49. The SMILES string of the molecule is CCC(c1ccccc1)C(NC)c1cc(C)ccc1OC. The minimum Gasteiger partial charge on any atom is -0.496 e. The molecule has 0 amide bonds. The Bertz CT molecular complexity index is 565. The van der Waals surface area contributed by atoms with Gasteiger partial charge in [0.05, 0.1) is 7.11 Å². The summed E-state index contributed by atoms with van der Waals surface area (Å²) in [6, 6.07) is 17.3. The van der Waals surface area contributed by atoms with Crippen LogP contribution in [0.2, 0.25) is 0 Å². The summed E-state index contributed by atoms with van der Waals surface area (Å²) in [7, 11) is 3.77. The summed E-state index contributed by atoms with van der Waals surface area (Å²) >= 11 is 0. The zero-order valence-electron chi connectivity index (χ0n) is 13.4. The molecule has 2 nitrogen and oxygen atoms in total. The first kappa shape index (κ1) is 15.6. The molecule has 2 rings (SSSR count). The van der Waals surface area contributed by atoms with E-state index in [0.717, 1.165) is 12.2 Å². The predicted octanol–water partition coefficient (Wildman–Crippen LogP) is 4.46. The van der Waals surface area contributed by atoms with Gasteiger partial charge in [0.25, 0.3) is 0 Å². The Morgan fingerprint density at radius 3 is 2.38 bits per heavy atom. The van der Waals surface area contributed by atoms with Crippen LogP contribution >= 0.6 is 0 Å². The molecule has 112 valence electrons. The Balaban J connectivity index is 2.45. The standard InChI is InChI=1S/C19H25NO/c1-5-16(15-9-7-6-8-10-15)19(20-3)17-13-14(2)11-12-18(17)21-4/h6-13,16,19-20H,5H2,1-4H3. The van der Waals surface area contributed by atoms with Crippen LogP contribution in [-0.2, 0) is 0 Å². The van der Waals surface area contributed by atoms with Gasteiger partial charge in [-0.1, -0.05) is 55.0 Å². The second kappa shape index (κ2) is 7.28. The summed E-state index contributed by atoms with van der Waals surface area (Å²) in [6.45, 7) is 4.36. The average molecular weight is 283 g/mol. The van der Waals surface area contributed by atoms with Crippen molar-refractivity contribution in [3.63, 3.8) is 0 Å². The van der Waals surface area contributed by atoms with E-state index < -0.39 is 0 Å². The van der Waals surface area contributed by atoms with Crippen molar-refractivity contribution in [2.45, 2.75) is 32.2 Å². The van der Waals surface area contributed by atoms with Gasteiger partial charge in [-0.25, -0.2) is 0 Å². The number of hydrogen-bond acceptors (Lipinski definition) is 2. The number of rotatable bonds is 6. The summed E-state index contributed by atoms with van der Waals surface area (Å²) in [5.41, 5.74) is 3.85. The Hall–Kier alpha value is -1.80. The van der Waals surface area contributed by atoms with Gasteiger partial charge < -0.3 is 10.1 Å². The van der Waals surface area contributed by atoms with E-state index >= 15 is 0 Å². The molecule has 0 bridgehead atoms. The fourth-order valence-electron chi connectivity index (χ4n) is 3.03. The van der Waals surface area contributed by atoms with Gasteiger partial charge in [0, 0.05) is 17.5 Å². The second-order valence-corrected chi connectivity index (χ2v) is 5.44. The third-order valence-corrected chi connectivity index (χ3v) is 4.10. The van der Waals surface area contributed by atoms with Crippen LogP contribution in [0, 0.1) is 6.92 Å². The van der Waals surface area contributed by atoms with E-state index in [1.165, 1.54) is 16.7 Å². The van der Waals surface area contributed by atoms with Gasteiger partial charge in [0.2, 0.25) is 0 Å². The molecule has 21 heavy (non-hydrogen) atoms. The van der Waals surface area contributed by atoms with Crippen LogP contribution in [0.5, 0.6) is 5.75 Å². The highest BCUT2D eigenvalue weighted by atomic mass is 16.5. The highest BCUT2D eigenvalue weighted by Gasteiger charge is 2.24. The zero-order valence-corrected chi connectivity index (χ0v) is 13.4. The maximum atomic E-state index is 5.57. The Morgan fingerprint density at radius 2 is 1.81 bits per heavy atom. The monoisotopic (exact) mass is 283 g/mol. The van der Waals surface area contributed by atoms with E-state index in [-0.39, 0.29) is 6.04 Å². The van der Waals surface area contributed by atoms with Crippen molar-refractivity contribution in [2.75, 3.05) is 14.2 Å². The molecule has 0 saturated carbocycles. The normalized spacial score (nSPS) is 13.7. The first-order valence-electron chi connectivity index (χ1n) is 7.58. The zero-order chi connectivity index (χ0) is 15.2. The molecule has 1 N–H and O–H groups in total. The maximum absolute atomic E-state index is 5.57. The van der Waals surface area contributed by atoms with Crippen LogP contribution in [0.1, 0.15) is 42.0 Å². The third-order valence-electron chi connectivity index (χ3n) is 4.10. The number of likely N-dealkylation sites (N-methyl/N-ethyl adjacent to an activating group) is 1. The Morgan fingerprint density at radius 1 is 1.10 bits per heavy atom. The lowest BCUT2D eigenvalue weighted by atomic mass is 9.84. The van der Waals surface area contributed by atoms with E-state index in [1.807, 2.05) is 7.05 Å². The lowest BCUT2D eigenvalue weighted by molar-refractivity contribution is 0.388. The van der Waals surface area contributed by atoms with Gasteiger partial charge >= 0.3 is 0 Å². The van der Waals surface area contributed by atoms with E-state index in [0.29, 0.717) is 5.92 Å². The molecule has 2 atom stereocenters. The van der Waals surface area contributed by atoms with Crippen molar-refractivity contribution in [1.82, 2.24) is 5.32 Å². The molecule has 2 unspecified atom stereocenters. The quantitative estimate of drug-likeness (QED) is 0.845. The van der Waals surface area contributed by atoms with Gasteiger partial charge in [-0.3, -0.25) is 0 Å². The first-order valence-corrected chi connectivity index (χ1v) is 7.58. The van der Waals surface area contributed by atoms with Crippen LogP contribution in [-0.4, -0.2) is 14.2 Å². The van der Waals surface area contributed by atoms with Crippen LogP contribution in [0.4, 0.5) is 0 Å². The molecule has 0 radical (unpaired) electrons. The van der Waals surface area contributed by atoms with Gasteiger partial charge in [0.15, 0.2) is 0 Å². The molecular formula is C19H25NO. The van der Waals surface area contributed by atoms with Crippen molar-refractivity contribution >= 4 is 0 Å². The number of hydrogen-bond donors (Lipinski definition) is 1. The smallest absolute Gasteiger partial charge is 0.123 e. The highest BCUT2D eigenvalue weighted by Crippen LogP contribution is 2.37. The van der Waals surface area contributed by atoms with E-state index in [1.54, 1.807) is 7.11 Å². The molecule has 2 aromatic carbocycles. The Kier molecular flexibility index (Phi) is 5.40. The number of aryl methyl sites for hydroxylation is 1. The molecule has 0 fully saturated rings. The van der Waals surface area contributed by atoms with Crippen molar-refractivity contribution in [3.8, 4) is 5.75 Å². The van der Waals surface area contributed by atoms with Crippen molar-refractivity contribution < 1.29 is 4.74 Å². The predicted molar refractivity (Wildman–Crippen MR) is 89.0 cm³/mol. The lowest BCUT2D eigenvalue weighted by Gasteiger charge is -2.28. The largest absolute Gasteiger partial charge is 0.496 e. The minimum atomic E-state index is 0.243. The topological polar surface area (TPSA) is 21.3 Å². The third kappa shape index (κ3) is 3.45. The maximum Gasteiger partial charge on any atom is 0.123 e. The second-order valence-electron chi connectivity index (χ2n) is 5.44. The van der Waals surface area contributed by atoms with Gasteiger partial charge in [-0.15, -0.1) is 0 Å². The molecule has 0 spiro atoms. The lowest BCUT2D eigenvalue weighted by Crippen LogP contribution is -2.24. The van der Waals surface area contributed by atoms with Crippen molar-refractivity contribution in [3.05, 3.63) is 65.2 Å². The summed E-state index contributed by atoms with van der Waals surface area (Å²) < 4.78 is 5.57. The molecule has 0 aromatic heterocycles. The molecular weight excluding hydrogens is 258 g/mol. The van der Waals surface area contributed by atoms with Crippen molar-refractivity contribution in [1.29, 1.82) is 0 Å². The number of ether oxygens (including phenoxy) is 1. The molecule has 0 saturated heterocycles. The summed E-state index contributed by atoms with van der Waals surface area (Å²) in [4.78, 5) is 0. The van der Waals surface area contributed by atoms with Crippen LogP contribution in [0.15, 0.2) is 48.5 Å².